The molecule has 8 heterocycles. The van der Waals surface area contributed by atoms with Gasteiger partial charge in [0, 0.05) is 111 Å². The van der Waals surface area contributed by atoms with Gasteiger partial charge in [0.1, 0.15) is 5.82 Å². The van der Waals surface area contributed by atoms with Crippen LogP contribution in [0.3, 0.4) is 0 Å². The smallest absolute Gasteiger partial charge is 0.234 e. The highest BCUT2D eigenvalue weighted by Crippen LogP contribution is 2.45. The lowest BCUT2D eigenvalue weighted by Gasteiger charge is -2.11. The van der Waals surface area contributed by atoms with Gasteiger partial charge in [0.25, 0.3) is 0 Å². The van der Waals surface area contributed by atoms with Crippen molar-refractivity contribution >= 4 is 131 Å². The summed E-state index contributed by atoms with van der Waals surface area (Å²) in [5, 5.41) is 14.7. The van der Waals surface area contributed by atoms with Crippen molar-refractivity contribution in [3.63, 3.8) is 0 Å². The van der Waals surface area contributed by atoms with Gasteiger partial charge in [-0.2, -0.15) is 0 Å². The molecule has 0 aliphatic heterocycles. The molecule has 0 radical (unpaired) electrons. The summed E-state index contributed by atoms with van der Waals surface area (Å²) in [6.07, 6.45) is 3.83. The molecule has 0 aliphatic rings. The second-order valence-electron chi connectivity index (χ2n) is 30.7. The van der Waals surface area contributed by atoms with Crippen molar-refractivity contribution in [3.05, 3.63) is 443 Å². The van der Waals surface area contributed by atoms with E-state index in [9.17, 15) is 0 Å². The van der Waals surface area contributed by atoms with Gasteiger partial charge in [-0.15, -0.1) is 0 Å². The fourth-order valence-electron chi connectivity index (χ4n) is 18.5. The lowest BCUT2D eigenvalue weighted by atomic mass is 10.1. The molecule has 25 rings (SSSR count). The summed E-state index contributed by atoms with van der Waals surface area (Å²) in [6.45, 7) is 0. The predicted octanol–water partition coefficient (Wildman–Crippen LogP) is 28.5. The van der Waals surface area contributed by atoms with E-state index in [4.69, 9.17) is 15.0 Å². The SMILES string of the molecule is c1ccc(-c2cccc(-n3c4ccccc4c4cc5c(cc43)c3ccccc3n5-c3cccc(-c4ccccc4)c3)c2)cc1.c1ccc(-c2cccc(-n3c4ccccc4c4cc5c(cc43)c3ccccc3n5-c3ccccc3)n2)cc1.c1ccc(-c2cnc(-n3c4ccccc4c4cc5c(cc43)c3ccccc3n5-c3ccccc3)nc2)cc1. The third-order valence-corrected chi connectivity index (χ3v) is 23.8. The highest BCUT2D eigenvalue weighted by Gasteiger charge is 2.24. The van der Waals surface area contributed by atoms with Crippen LogP contribution in [-0.4, -0.2) is 42.4 Å². The van der Waals surface area contributed by atoms with Crippen molar-refractivity contribution in [1.29, 1.82) is 0 Å². The number of hydrogen-bond acceptors (Lipinski definition) is 3. The fraction of sp³-hybridized carbons (Fsp3) is 0. The van der Waals surface area contributed by atoms with Gasteiger partial charge in [-0.1, -0.05) is 297 Å². The maximum Gasteiger partial charge on any atom is 0.234 e. The quantitative estimate of drug-likeness (QED) is 0.137. The number of fused-ring (bicyclic) bond motifs is 18. The van der Waals surface area contributed by atoms with Crippen LogP contribution in [-0.2, 0) is 0 Å². The minimum atomic E-state index is 0.669. The van der Waals surface area contributed by atoms with Crippen molar-refractivity contribution in [2.24, 2.45) is 0 Å². The first-order chi connectivity index (χ1) is 59.6. The average molecular weight is 1530 g/mol. The van der Waals surface area contributed by atoms with Crippen molar-refractivity contribution in [3.8, 4) is 79.2 Å². The van der Waals surface area contributed by atoms with Crippen LogP contribution < -0.4 is 0 Å². The zero-order valence-electron chi connectivity index (χ0n) is 65.2. The molecular formula is C111H73N9. The van der Waals surface area contributed by atoms with Crippen molar-refractivity contribution in [1.82, 2.24) is 42.4 Å². The minimum Gasteiger partial charge on any atom is -0.309 e. The molecule has 8 aromatic heterocycles. The Kier molecular flexibility index (Phi) is 16.7. The summed E-state index contributed by atoms with van der Waals surface area (Å²) in [4.78, 5) is 14.8. The van der Waals surface area contributed by atoms with Crippen LogP contribution in [0.25, 0.3) is 210 Å². The van der Waals surface area contributed by atoms with Gasteiger partial charge in [-0.05, 0) is 161 Å². The monoisotopic (exact) mass is 1530 g/mol. The van der Waals surface area contributed by atoms with E-state index >= 15 is 0 Å². The lowest BCUT2D eigenvalue weighted by molar-refractivity contribution is 0.990. The molecule has 9 heteroatoms. The maximum atomic E-state index is 5.14. The van der Waals surface area contributed by atoms with E-state index in [-0.39, 0.29) is 0 Å². The second kappa shape index (κ2) is 28.9. The van der Waals surface area contributed by atoms with E-state index in [1.54, 1.807) is 0 Å². The van der Waals surface area contributed by atoms with Crippen LogP contribution in [0.4, 0.5) is 0 Å². The summed E-state index contributed by atoms with van der Waals surface area (Å²) < 4.78 is 14.1. The number of pyridine rings is 1. The molecule has 17 aromatic carbocycles. The van der Waals surface area contributed by atoms with Crippen LogP contribution in [0.15, 0.2) is 443 Å². The number of nitrogens with zero attached hydrogens (tertiary/aromatic N) is 9. The third-order valence-electron chi connectivity index (χ3n) is 23.8. The summed E-state index contributed by atoms with van der Waals surface area (Å²) in [5.74, 6) is 1.59. The summed E-state index contributed by atoms with van der Waals surface area (Å²) in [7, 11) is 0. The van der Waals surface area contributed by atoms with E-state index in [2.05, 4.69) is 434 Å². The molecule has 0 amide bonds. The maximum absolute atomic E-state index is 5.14. The first-order valence-corrected chi connectivity index (χ1v) is 40.8. The molecule has 25 aromatic rings. The summed E-state index contributed by atoms with van der Waals surface area (Å²) in [6, 6.07) is 153. The number of rotatable bonds is 10. The number of aromatic nitrogens is 9. The largest absolute Gasteiger partial charge is 0.309 e. The van der Waals surface area contributed by atoms with Crippen LogP contribution in [0.2, 0.25) is 0 Å². The Morgan fingerprint density at radius 3 is 0.758 bits per heavy atom. The lowest BCUT2D eigenvalue weighted by Crippen LogP contribution is -2.00. The zero-order chi connectivity index (χ0) is 79.1. The number of para-hydroxylation sites is 8. The Bertz CT molecular complexity index is 8070. The highest BCUT2D eigenvalue weighted by molar-refractivity contribution is 6.22. The predicted molar refractivity (Wildman–Crippen MR) is 500 cm³/mol. The van der Waals surface area contributed by atoms with Gasteiger partial charge in [0.15, 0.2) is 0 Å². The molecule has 0 spiro atoms. The standard InChI is InChI=1S/C42H28N2.C35H23N3.C34H22N4/c1-3-13-29(14-4-1)31-17-11-19-33(25-31)43-39-23-9-7-21-35(39)37-28-42-38(27-41(37)43)36-22-8-10-24-40(36)44(42)34-20-12-18-32(26-34)30-15-5-2-6-16-30;1-3-12-24(13-4-1)30-18-11-21-35(36-30)38-32-20-10-8-17-27(32)29-22-33-28(23-34(29)38)26-16-7-9-19-31(26)37(33)25-14-5-2-6-15-25;1-3-11-23(12-4-1)24-21-35-34(36-22-24)38-31-18-10-8-16-27(31)29-19-32-28(20-33(29)38)26-15-7-9-17-30(26)37(32)25-13-5-2-6-14-25/h1-28H;1-23H;1-22H. The van der Waals surface area contributed by atoms with Gasteiger partial charge in [0.2, 0.25) is 5.95 Å². The van der Waals surface area contributed by atoms with Crippen molar-refractivity contribution in [2.45, 2.75) is 0 Å². The molecule has 562 valence electrons. The Hall–Kier alpha value is -16.2. The van der Waals surface area contributed by atoms with Crippen LogP contribution in [0.1, 0.15) is 0 Å². The van der Waals surface area contributed by atoms with Crippen molar-refractivity contribution in [2.75, 3.05) is 0 Å². The average Bonchev–Trinajstić information content (AvgIpc) is 1.57. The highest BCUT2D eigenvalue weighted by atomic mass is 15.2. The third kappa shape index (κ3) is 11.7. The first-order valence-electron chi connectivity index (χ1n) is 40.8. The molecule has 0 fully saturated rings. The Labute approximate surface area is 690 Å². The Morgan fingerprint density at radius 2 is 0.400 bits per heavy atom. The minimum absolute atomic E-state index is 0.669. The molecule has 0 aliphatic carbocycles. The Morgan fingerprint density at radius 1 is 0.150 bits per heavy atom. The molecule has 0 atom stereocenters. The first kappa shape index (κ1) is 69.3. The van der Waals surface area contributed by atoms with E-state index in [1.807, 2.05) is 36.7 Å². The van der Waals surface area contributed by atoms with E-state index < -0.39 is 0 Å². The van der Waals surface area contributed by atoms with E-state index in [1.165, 1.54) is 137 Å². The van der Waals surface area contributed by atoms with Gasteiger partial charge < -0.3 is 18.3 Å². The van der Waals surface area contributed by atoms with Gasteiger partial charge in [-0.3, -0.25) is 9.13 Å². The summed E-state index contributed by atoms with van der Waals surface area (Å²) in [5.41, 5.74) is 27.9. The van der Waals surface area contributed by atoms with Gasteiger partial charge >= 0.3 is 0 Å². The van der Waals surface area contributed by atoms with E-state index in [0.717, 1.165) is 67.3 Å². The van der Waals surface area contributed by atoms with Crippen LogP contribution >= 0.6 is 0 Å². The normalized spacial score (nSPS) is 11.7. The molecular weight excluding hydrogens is 1460 g/mol. The van der Waals surface area contributed by atoms with Crippen molar-refractivity contribution < 1.29 is 0 Å². The summed E-state index contributed by atoms with van der Waals surface area (Å²) >= 11 is 0. The number of hydrogen-bond donors (Lipinski definition) is 0. The molecule has 0 unspecified atom stereocenters. The van der Waals surface area contributed by atoms with Crippen LogP contribution in [0, 0.1) is 0 Å². The van der Waals surface area contributed by atoms with E-state index in [0.29, 0.717) is 5.95 Å². The zero-order valence-corrected chi connectivity index (χ0v) is 65.2. The van der Waals surface area contributed by atoms with Gasteiger partial charge in [0.05, 0.1) is 71.9 Å². The molecule has 0 saturated carbocycles. The molecule has 120 heavy (non-hydrogen) atoms. The van der Waals surface area contributed by atoms with Gasteiger partial charge in [-0.25, -0.2) is 15.0 Å². The molecule has 0 bridgehead atoms. The van der Waals surface area contributed by atoms with Crippen LogP contribution in [0.5, 0.6) is 0 Å². The second-order valence-corrected chi connectivity index (χ2v) is 30.7. The molecule has 9 nitrogen and oxygen atoms in total. The number of benzene rings is 17. The Balaban J connectivity index is 0.000000105. The molecule has 0 N–H and O–H groups in total. The fourth-order valence-corrected chi connectivity index (χ4v) is 18.5. The topological polar surface area (TPSA) is 68.2 Å². The molecule has 0 saturated heterocycles.